The van der Waals surface area contributed by atoms with Crippen molar-refractivity contribution >= 4 is 10.9 Å². The SMILES string of the molecule is OC(c1cccc2[nH]ccc12)C1CCC1. The van der Waals surface area contributed by atoms with E-state index in [1.807, 2.05) is 30.5 Å². The van der Waals surface area contributed by atoms with Gasteiger partial charge in [0.05, 0.1) is 6.10 Å². The van der Waals surface area contributed by atoms with Crippen LogP contribution in [0.2, 0.25) is 0 Å². The van der Waals surface area contributed by atoms with E-state index in [4.69, 9.17) is 0 Å². The predicted molar refractivity (Wildman–Crippen MR) is 60.6 cm³/mol. The van der Waals surface area contributed by atoms with Crippen LogP contribution in [-0.2, 0) is 0 Å². The molecular weight excluding hydrogens is 186 g/mol. The van der Waals surface area contributed by atoms with Crippen molar-refractivity contribution in [2.45, 2.75) is 25.4 Å². The molecule has 78 valence electrons. The fourth-order valence-corrected chi connectivity index (χ4v) is 2.38. The number of aromatic nitrogens is 1. The number of rotatable bonds is 2. The highest BCUT2D eigenvalue weighted by Crippen LogP contribution is 2.39. The molecule has 0 radical (unpaired) electrons. The van der Waals surface area contributed by atoms with Gasteiger partial charge >= 0.3 is 0 Å². The van der Waals surface area contributed by atoms with Gasteiger partial charge in [-0.3, -0.25) is 0 Å². The summed E-state index contributed by atoms with van der Waals surface area (Å²) >= 11 is 0. The van der Waals surface area contributed by atoms with Gasteiger partial charge in [0.15, 0.2) is 0 Å². The lowest BCUT2D eigenvalue weighted by atomic mass is 9.78. The summed E-state index contributed by atoms with van der Waals surface area (Å²) in [5.41, 5.74) is 2.20. The van der Waals surface area contributed by atoms with Crippen molar-refractivity contribution in [2.24, 2.45) is 5.92 Å². The summed E-state index contributed by atoms with van der Waals surface area (Å²) in [6, 6.07) is 8.15. The van der Waals surface area contributed by atoms with Gasteiger partial charge in [0, 0.05) is 17.1 Å². The second-order valence-corrected chi connectivity index (χ2v) is 4.42. The lowest BCUT2D eigenvalue weighted by Gasteiger charge is -2.30. The van der Waals surface area contributed by atoms with E-state index in [0.717, 1.165) is 16.5 Å². The maximum atomic E-state index is 10.2. The number of hydrogen-bond acceptors (Lipinski definition) is 1. The quantitative estimate of drug-likeness (QED) is 0.769. The molecule has 2 aromatic rings. The third-order valence-corrected chi connectivity index (χ3v) is 3.54. The van der Waals surface area contributed by atoms with Gasteiger partial charge in [-0.1, -0.05) is 18.6 Å². The van der Waals surface area contributed by atoms with E-state index < -0.39 is 0 Å². The molecule has 1 saturated carbocycles. The van der Waals surface area contributed by atoms with Crippen LogP contribution in [0.4, 0.5) is 0 Å². The monoisotopic (exact) mass is 201 g/mol. The summed E-state index contributed by atoms with van der Waals surface area (Å²) in [5, 5.41) is 11.4. The van der Waals surface area contributed by atoms with Crippen LogP contribution in [0.15, 0.2) is 30.5 Å². The first kappa shape index (κ1) is 8.98. The molecular formula is C13H15NO. The Morgan fingerprint density at radius 2 is 2.13 bits per heavy atom. The minimum absolute atomic E-state index is 0.279. The van der Waals surface area contributed by atoms with Crippen LogP contribution < -0.4 is 0 Å². The molecule has 2 heteroatoms. The summed E-state index contributed by atoms with van der Waals surface area (Å²) in [6.45, 7) is 0. The van der Waals surface area contributed by atoms with Crippen molar-refractivity contribution in [1.82, 2.24) is 4.98 Å². The van der Waals surface area contributed by atoms with Gasteiger partial charge in [-0.05, 0) is 36.5 Å². The van der Waals surface area contributed by atoms with Gasteiger partial charge in [-0.15, -0.1) is 0 Å². The van der Waals surface area contributed by atoms with Gasteiger partial charge in [0.2, 0.25) is 0 Å². The number of nitrogens with one attached hydrogen (secondary N) is 1. The van der Waals surface area contributed by atoms with Crippen molar-refractivity contribution in [3.8, 4) is 0 Å². The van der Waals surface area contributed by atoms with Crippen molar-refractivity contribution in [2.75, 3.05) is 0 Å². The average Bonchev–Trinajstić information content (AvgIpc) is 2.61. The Morgan fingerprint density at radius 3 is 2.87 bits per heavy atom. The number of benzene rings is 1. The van der Waals surface area contributed by atoms with Crippen molar-refractivity contribution in [1.29, 1.82) is 0 Å². The first-order chi connectivity index (χ1) is 7.36. The summed E-state index contributed by atoms with van der Waals surface area (Å²) < 4.78 is 0. The first-order valence-electron chi connectivity index (χ1n) is 5.60. The van der Waals surface area contributed by atoms with E-state index >= 15 is 0 Å². The molecule has 0 bridgehead atoms. The van der Waals surface area contributed by atoms with Crippen molar-refractivity contribution in [3.63, 3.8) is 0 Å². The summed E-state index contributed by atoms with van der Waals surface area (Å²) in [4.78, 5) is 3.18. The lowest BCUT2D eigenvalue weighted by Crippen LogP contribution is -2.20. The molecule has 1 heterocycles. The van der Waals surface area contributed by atoms with Crippen LogP contribution in [0.3, 0.4) is 0 Å². The van der Waals surface area contributed by atoms with E-state index in [-0.39, 0.29) is 6.10 Å². The number of hydrogen-bond donors (Lipinski definition) is 2. The molecule has 1 aromatic carbocycles. The highest BCUT2D eigenvalue weighted by atomic mass is 16.3. The smallest absolute Gasteiger partial charge is 0.0824 e. The zero-order valence-corrected chi connectivity index (χ0v) is 8.61. The molecule has 1 unspecified atom stereocenters. The van der Waals surface area contributed by atoms with Gasteiger partial charge < -0.3 is 10.1 Å². The van der Waals surface area contributed by atoms with Gasteiger partial charge in [-0.25, -0.2) is 0 Å². The molecule has 0 saturated heterocycles. The van der Waals surface area contributed by atoms with Crippen LogP contribution in [0.25, 0.3) is 10.9 Å². The molecule has 0 aliphatic heterocycles. The van der Waals surface area contributed by atoms with Crippen LogP contribution in [-0.4, -0.2) is 10.1 Å². The zero-order valence-electron chi connectivity index (χ0n) is 8.61. The van der Waals surface area contributed by atoms with Crippen molar-refractivity contribution in [3.05, 3.63) is 36.0 Å². The second-order valence-electron chi connectivity index (χ2n) is 4.42. The van der Waals surface area contributed by atoms with Crippen molar-refractivity contribution < 1.29 is 5.11 Å². The number of H-pyrrole nitrogens is 1. The fourth-order valence-electron chi connectivity index (χ4n) is 2.38. The van der Waals surface area contributed by atoms with Crippen LogP contribution in [0.1, 0.15) is 30.9 Å². The fraction of sp³-hybridized carbons (Fsp3) is 0.385. The van der Waals surface area contributed by atoms with E-state index in [1.165, 1.54) is 19.3 Å². The van der Waals surface area contributed by atoms with Crippen LogP contribution in [0.5, 0.6) is 0 Å². The summed E-state index contributed by atoms with van der Waals surface area (Å²) in [5.74, 6) is 0.477. The van der Waals surface area contributed by atoms with E-state index in [0.29, 0.717) is 5.92 Å². The maximum absolute atomic E-state index is 10.2. The van der Waals surface area contributed by atoms with Gasteiger partial charge in [-0.2, -0.15) is 0 Å². The maximum Gasteiger partial charge on any atom is 0.0824 e. The van der Waals surface area contributed by atoms with E-state index in [1.54, 1.807) is 0 Å². The number of aromatic amines is 1. The molecule has 0 amide bonds. The first-order valence-corrected chi connectivity index (χ1v) is 5.60. The number of aliphatic hydroxyl groups excluding tert-OH is 1. The molecule has 1 atom stereocenters. The van der Waals surface area contributed by atoms with Gasteiger partial charge in [0.25, 0.3) is 0 Å². The Kier molecular flexibility index (Phi) is 2.03. The average molecular weight is 201 g/mol. The molecule has 2 N–H and O–H groups in total. The summed E-state index contributed by atoms with van der Waals surface area (Å²) in [6.07, 6.45) is 5.26. The Labute approximate surface area is 88.9 Å². The predicted octanol–water partition coefficient (Wildman–Crippen LogP) is 3.00. The standard InChI is InChI=1S/C13H15NO/c15-13(9-3-1-4-9)11-5-2-6-12-10(11)7-8-14-12/h2,5-9,13-15H,1,3-4H2. The molecule has 1 fully saturated rings. The molecule has 15 heavy (non-hydrogen) atoms. The molecule has 2 nitrogen and oxygen atoms in total. The minimum Gasteiger partial charge on any atom is -0.388 e. The van der Waals surface area contributed by atoms with Gasteiger partial charge in [0.1, 0.15) is 0 Å². The second kappa shape index (κ2) is 3.38. The molecule has 1 aromatic heterocycles. The molecule has 0 spiro atoms. The third kappa shape index (κ3) is 1.37. The van der Waals surface area contributed by atoms with E-state index in [2.05, 4.69) is 4.98 Å². The Bertz CT molecular complexity index is 470. The topological polar surface area (TPSA) is 36.0 Å². The molecule has 1 aliphatic carbocycles. The molecule has 1 aliphatic rings. The Morgan fingerprint density at radius 1 is 1.27 bits per heavy atom. The third-order valence-electron chi connectivity index (χ3n) is 3.54. The minimum atomic E-state index is -0.279. The van der Waals surface area contributed by atoms with E-state index in [9.17, 15) is 5.11 Å². The number of aliphatic hydroxyl groups is 1. The molecule has 3 rings (SSSR count). The summed E-state index contributed by atoms with van der Waals surface area (Å²) in [7, 11) is 0. The zero-order chi connectivity index (χ0) is 10.3. The Balaban J connectivity index is 2.05. The van der Waals surface area contributed by atoms with Crippen LogP contribution in [0, 0.1) is 5.92 Å². The Hall–Kier alpha value is -1.28. The van der Waals surface area contributed by atoms with Crippen LogP contribution >= 0.6 is 0 Å². The highest BCUT2D eigenvalue weighted by Gasteiger charge is 2.27. The largest absolute Gasteiger partial charge is 0.388 e. The number of fused-ring (bicyclic) bond motifs is 1. The highest BCUT2D eigenvalue weighted by molar-refractivity contribution is 5.83. The normalized spacial score (nSPS) is 19.0. The lowest BCUT2D eigenvalue weighted by molar-refractivity contribution is 0.0632.